The van der Waals surface area contributed by atoms with Crippen molar-refractivity contribution in [1.82, 2.24) is 10.2 Å². The molecule has 2 aromatic rings. The molecule has 1 fully saturated rings. The number of likely N-dealkylation sites (tertiary alicyclic amines) is 1. The van der Waals surface area contributed by atoms with Crippen LogP contribution in [0.1, 0.15) is 30.4 Å². The lowest BCUT2D eigenvalue weighted by molar-refractivity contribution is 0.0676. The quantitative estimate of drug-likeness (QED) is 0.785. The number of aliphatic hydroxyl groups is 1. The van der Waals surface area contributed by atoms with Gasteiger partial charge >= 0.3 is 12.2 Å². The van der Waals surface area contributed by atoms with E-state index in [1.165, 1.54) is 0 Å². The second-order valence-electron chi connectivity index (χ2n) is 7.42. The molecule has 7 nitrogen and oxygen atoms in total. The smallest absolute Gasteiger partial charge is 0.410 e. The van der Waals surface area contributed by atoms with E-state index in [2.05, 4.69) is 5.32 Å². The van der Waals surface area contributed by atoms with Crippen LogP contribution < -0.4 is 5.32 Å². The Hall–Kier alpha value is -3.06. The summed E-state index contributed by atoms with van der Waals surface area (Å²) in [7, 11) is 0. The fourth-order valence-corrected chi connectivity index (χ4v) is 3.41. The molecule has 1 aliphatic heterocycles. The highest BCUT2D eigenvalue weighted by molar-refractivity contribution is 5.69. The summed E-state index contributed by atoms with van der Waals surface area (Å²) in [6.07, 6.45) is 0.0379. The minimum atomic E-state index is -0.575. The summed E-state index contributed by atoms with van der Waals surface area (Å²) >= 11 is 0. The molecule has 0 spiro atoms. The number of alkyl carbamates (subject to hydrolysis) is 1. The molecule has 30 heavy (non-hydrogen) atoms. The third-order valence-electron chi connectivity index (χ3n) is 4.96. The van der Waals surface area contributed by atoms with Gasteiger partial charge in [0.2, 0.25) is 0 Å². The van der Waals surface area contributed by atoms with Crippen molar-refractivity contribution in [3.8, 4) is 0 Å². The first kappa shape index (κ1) is 21.6. The van der Waals surface area contributed by atoms with Gasteiger partial charge in [0.15, 0.2) is 0 Å². The summed E-state index contributed by atoms with van der Waals surface area (Å²) in [5.74, 6) is 0. The van der Waals surface area contributed by atoms with Crippen molar-refractivity contribution >= 4 is 12.2 Å². The van der Waals surface area contributed by atoms with Gasteiger partial charge in [0.05, 0.1) is 12.1 Å². The maximum absolute atomic E-state index is 12.6. The van der Waals surface area contributed by atoms with Crippen molar-refractivity contribution in [3.05, 3.63) is 71.8 Å². The molecule has 160 valence electrons. The number of ether oxygens (including phenoxy) is 2. The Morgan fingerprint density at radius 3 is 2.20 bits per heavy atom. The third-order valence-corrected chi connectivity index (χ3v) is 4.96. The van der Waals surface area contributed by atoms with Gasteiger partial charge in [-0.3, -0.25) is 0 Å². The molecule has 1 heterocycles. The standard InChI is InChI=1S/C23H28N2O5/c26-21-12-7-13-25(23(28)30-17-19-10-5-2-6-11-19)15-20(14-21)24-22(27)29-16-18-8-3-1-4-9-18/h1-6,8-11,20-21,26H,7,12-17H2,(H,24,27)/t20-,21?/m0/s1. The summed E-state index contributed by atoms with van der Waals surface area (Å²) in [5, 5.41) is 12.9. The van der Waals surface area contributed by atoms with E-state index >= 15 is 0 Å². The van der Waals surface area contributed by atoms with E-state index in [4.69, 9.17) is 9.47 Å². The van der Waals surface area contributed by atoms with Crippen LogP contribution in [-0.4, -0.2) is 47.4 Å². The molecular formula is C23H28N2O5. The highest BCUT2D eigenvalue weighted by Crippen LogP contribution is 2.14. The van der Waals surface area contributed by atoms with Gasteiger partial charge < -0.3 is 24.8 Å². The molecular weight excluding hydrogens is 384 g/mol. The fourth-order valence-electron chi connectivity index (χ4n) is 3.41. The van der Waals surface area contributed by atoms with Crippen LogP contribution in [0.5, 0.6) is 0 Å². The van der Waals surface area contributed by atoms with Gasteiger partial charge in [-0.25, -0.2) is 9.59 Å². The average molecular weight is 412 g/mol. The highest BCUT2D eigenvalue weighted by atomic mass is 16.6. The predicted octanol–water partition coefficient (Wildman–Crippen LogP) is 3.47. The minimum absolute atomic E-state index is 0.158. The first-order chi connectivity index (χ1) is 14.6. The first-order valence-corrected chi connectivity index (χ1v) is 10.2. The summed E-state index contributed by atoms with van der Waals surface area (Å²) in [5.41, 5.74) is 1.80. The van der Waals surface area contributed by atoms with Crippen LogP contribution in [0, 0.1) is 0 Å². The summed E-state index contributed by atoms with van der Waals surface area (Å²) < 4.78 is 10.7. The van der Waals surface area contributed by atoms with Crippen molar-refractivity contribution < 1.29 is 24.2 Å². The number of nitrogens with one attached hydrogen (secondary N) is 1. The fraction of sp³-hybridized carbons (Fsp3) is 0.391. The Morgan fingerprint density at radius 2 is 1.57 bits per heavy atom. The van der Waals surface area contributed by atoms with E-state index in [9.17, 15) is 14.7 Å². The monoisotopic (exact) mass is 412 g/mol. The molecule has 2 atom stereocenters. The number of amides is 2. The summed E-state index contributed by atoms with van der Waals surface area (Å²) in [6, 6.07) is 18.4. The second-order valence-corrected chi connectivity index (χ2v) is 7.42. The molecule has 7 heteroatoms. The van der Waals surface area contributed by atoms with Crippen LogP contribution in [0.4, 0.5) is 9.59 Å². The van der Waals surface area contributed by atoms with Crippen LogP contribution >= 0.6 is 0 Å². The topological polar surface area (TPSA) is 88.1 Å². The van der Waals surface area contributed by atoms with E-state index < -0.39 is 24.3 Å². The maximum atomic E-state index is 12.6. The number of rotatable bonds is 5. The molecule has 0 bridgehead atoms. The average Bonchev–Trinajstić information content (AvgIpc) is 2.75. The Morgan fingerprint density at radius 1 is 0.967 bits per heavy atom. The number of benzene rings is 2. The molecule has 0 aliphatic carbocycles. The molecule has 0 radical (unpaired) electrons. The third kappa shape index (κ3) is 7.08. The van der Waals surface area contributed by atoms with Gasteiger partial charge in [-0.2, -0.15) is 0 Å². The molecule has 0 saturated carbocycles. The molecule has 3 rings (SSSR count). The number of carbonyl (C=O) groups excluding carboxylic acids is 2. The number of carbonyl (C=O) groups is 2. The molecule has 1 unspecified atom stereocenters. The van der Waals surface area contributed by atoms with Gasteiger partial charge in [-0.15, -0.1) is 0 Å². The Kier molecular flexibility index (Phi) is 8.09. The van der Waals surface area contributed by atoms with Gasteiger partial charge in [-0.1, -0.05) is 60.7 Å². The molecule has 2 amide bonds. The van der Waals surface area contributed by atoms with Gasteiger partial charge in [0.1, 0.15) is 13.2 Å². The van der Waals surface area contributed by atoms with Gasteiger partial charge in [0.25, 0.3) is 0 Å². The number of aliphatic hydroxyl groups excluding tert-OH is 1. The van der Waals surface area contributed by atoms with E-state index in [1.807, 2.05) is 60.7 Å². The van der Waals surface area contributed by atoms with Crippen molar-refractivity contribution in [2.75, 3.05) is 13.1 Å². The lowest BCUT2D eigenvalue weighted by Gasteiger charge is -2.31. The van der Waals surface area contributed by atoms with E-state index in [1.54, 1.807) is 4.90 Å². The van der Waals surface area contributed by atoms with E-state index in [-0.39, 0.29) is 19.8 Å². The molecule has 0 aromatic heterocycles. The van der Waals surface area contributed by atoms with Crippen LogP contribution in [0.15, 0.2) is 60.7 Å². The van der Waals surface area contributed by atoms with Crippen molar-refractivity contribution in [2.24, 2.45) is 0 Å². The van der Waals surface area contributed by atoms with E-state index in [0.717, 1.165) is 11.1 Å². The van der Waals surface area contributed by atoms with Crippen LogP contribution in [-0.2, 0) is 22.7 Å². The zero-order valence-electron chi connectivity index (χ0n) is 16.9. The van der Waals surface area contributed by atoms with Crippen LogP contribution in [0.3, 0.4) is 0 Å². The van der Waals surface area contributed by atoms with Crippen LogP contribution in [0.25, 0.3) is 0 Å². The lowest BCUT2D eigenvalue weighted by Crippen LogP contribution is -2.49. The number of nitrogens with zero attached hydrogens (tertiary/aromatic N) is 1. The normalized spacial score (nSPS) is 19.3. The largest absolute Gasteiger partial charge is 0.445 e. The van der Waals surface area contributed by atoms with Crippen molar-refractivity contribution in [1.29, 1.82) is 0 Å². The highest BCUT2D eigenvalue weighted by Gasteiger charge is 2.26. The van der Waals surface area contributed by atoms with Gasteiger partial charge in [-0.05, 0) is 30.4 Å². The zero-order chi connectivity index (χ0) is 21.2. The van der Waals surface area contributed by atoms with E-state index in [0.29, 0.717) is 25.8 Å². The molecule has 2 N–H and O–H groups in total. The SMILES string of the molecule is O=C(N[C@H]1CC(O)CCCN(C(=O)OCc2ccccc2)C1)OCc1ccccc1. The molecule has 1 aliphatic rings. The van der Waals surface area contributed by atoms with Crippen molar-refractivity contribution in [3.63, 3.8) is 0 Å². The Labute approximate surface area is 176 Å². The minimum Gasteiger partial charge on any atom is -0.445 e. The molecule has 1 saturated heterocycles. The zero-order valence-corrected chi connectivity index (χ0v) is 16.9. The number of hydrogen-bond donors (Lipinski definition) is 2. The lowest BCUT2D eigenvalue weighted by atomic mass is 10.0. The second kappa shape index (κ2) is 11.2. The summed E-state index contributed by atoms with van der Waals surface area (Å²) in [6.45, 7) is 1.06. The molecule has 2 aromatic carbocycles. The van der Waals surface area contributed by atoms with Crippen LogP contribution in [0.2, 0.25) is 0 Å². The Bertz CT molecular complexity index is 800. The number of hydrogen-bond acceptors (Lipinski definition) is 5. The maximum Gasteiger partial charge on any atom is 0.410 e. The van der Waals surface area contributed by atoms with Gasteiger partial charge in [0, 0.05) is 13.1 Å². The summed E-state index contributed by atoms with van der Waals surface area (Å²) in [4.78, 5) is 26.4. The first-order valence-electron chi connectivity index (χ1n) is 10.2. The Balaban J connectivity index is 1.52. The predicted molar refractivity (Wildman–Crippen MR) is 112 cm³/mol. The van der Waals surface area contributed by atoms with Crippen molar-refractivity contribution in [2.45, 2.75) is 44.6 Å².